The number of ether oxygens (including phenoxy) is 2. The molecule has 0 radical (unpaired) electrons. The van der Waals surface area contributed by atoms with Gasteiger partial charge in [-0.1, -0.05) is 31.9 Å². The number of hydrogen-bond donors (Lipinski definition) is 2. The molecule has 0 spiro atoms. The quantitative estimate of drug-likeness (QED) is 0.231. The maximum Gasteiger partial charge on any atom is 0.319 e. The van der Waals surface area contributed by atoms with Gasteiger partial charge in [0.15, 0.2) is 5.82 Å². The van der Waals surface area contributed by atoms with Gasteiger partial charge in [0.2, 0.25) is 0 Å². The molecule has 4 fully saturated rings. The summed E-state index contributed by atoms with van der Waals surface area (Å²) in [5.74, 6) is 1.75. The summed E-state index contributed by atoms with van der Waals surface area (Å²) in [5, 5.41) is 15.6. The third-order valence-corrected chi connectivity index (χ3v) is 10.5. The summed E-state index contributed by atoms with van der Waals surface area (Å²) in [6.45, 7) is 9.40. The van der Waals surface area contributed by atoms with Gasteiger partial charge in [0.25, 0.3) is 0 Å². The third-order valence-electron chi connectivity index (χ3n) is 10.5. The van der Waals surface area contributed by atoms with Crippen molar-refractivity contribution in [1.29, 1.82) is 0 Å². The number of aromatic nitrogens is 2. The lowest BCUT2D eigenvalue weighted by Crippen LogP contribution is -2.55. The lowest BCUT2D eigenvalue weighted by atomic mass is 9.93. The predicted octanol–water partition coefficient (Wildman–Crippen LogP) is 6.41. The summed E-state index contributed by atoms with van der Waals surface area (Å²) in [6.07, 6.45) is 12.3. The Bertz CT molecular complexity index is 1860. The molecule has 0 saturated carbocycles. The Kier molecular flexibility index (Phi) is 9.12. The number of nitrogens with zero attached hydrogens (tertiary/aromatic N) is 4. The van der Waals surface area contributed by atoms with E-state index in [1.807, 2.05) is 13.8 Å². The number of nitrogens with one attached hydrogen (secondary N) is 1. The summed E-state index contributed by atoms with van der Waals surface area (Å²) >= 11 is 0. The summed E-state index contributed by atoms with van der Waals surface area (Å²) in [7, 11) is 0. The van der Waals surface area contributed by atoms with Gasteiger partial charge in [-0.2, -0.15) is 9.97 Å². The van der Waals surface area contributed by atoms with Crippen molar-refractivity contribution >= 4 is 27.5 Å². The molecule has 4 aliphatic rings. The highest BCUT2D eigenvalue weighted by molar-refractivity contribution is 6.04. The molecule has 4 saturated heterocycles. The molecular formula is C38H43F2N5O3. The molecule has 0 bridgehead atoms. The molecule has 5 heterocycles. The summed E-state index contributed by atoms with van der Waals surface area (Å²) in [5.41, 5.74) is 0.524. The van der Waals surface area contributed by atoms with Gasteiger partial charge in [0, 0.05) is 42.6 Å². The fourth-order valence-corrected chi connectivity index (χ4v) is 8.22. The van der Waals surface area contributed by atoms with Crippen LogP contribution in [0.2, 0.25) is 0 Å². The van der Waals surface area contributed by atoms with E-state index in [1.54, 1.807) is 12.1 Å². The van der Waals surface area contributed by atoms with Crippen LogP contribution < -0.4 is 15.0 Å². The fourth-order valence-electron chi connectivity index (χ4n) is 8.22. The van der Waals surface area contributed by atoms with Crippen LogP contribution in [0.25, 0.3) is 32.8 Å². The number of phenols is 1. The number of benzene rings is 3. The van der Waals surface area contributed by atoms with E-state index in [4.69, 9.17) is 20.9 Å². The van der Waals surface area contributed by atoms with Crippen LogP contribution in [-0.2, 0) is 4.74 Å². The van der Waals surface area contributed by atoms with E-state index >= 15 is 4.39 Å². The number of piperazine rings is 1. The molecule has 0 aliphatic carbocycles. The number of hydrogen-bond acceptors (Lipinski definition) is 8. The lowest BCUT2D eigenvalue weighted by Gasteiger charge is -2.37. The van der Waals surface area contributed by atoms with Gasteiger partial charge >= 0.3 is 6.01 Å². The zero-order valence-electron chi connectivity index (χ0n) is 27.7. The van der Waals surface area contributed by atoms with Crippen LogP contribution in [0.5, 0.6) is 11.8 Å². The first-order chi connectivity index (χ1) is 23.4. The Labute approximate surface area is 280 Å². The smallest absolute Gasteiger partial charge is 0.319 e. The Morgan fingerprint density at radius 2 is 1.88 bits per heavy atom. The molecular weight excluding hydrogens is 612 g/mol. The highest BCUT2D eigenvalue weighted by Gasteiger charge is 2.45. The summed E-state index contributed by atoms with van der Waals surface area (Å²) < 4.78 is 44.2. The molecule has 4 aliphatic heterocycles. The Hall–Kier alpha value is -4.04. The molecule has 3 aromatic carbocycles. The van der Waals surface area contributed by atoms with Gasteiger partial charge in [-0.25, -0.2) is 8.78 Å². The van der Waals surface area contributed by atoms with Crippen LogP contribution >= 0.6 is 0 Å². The predicted molar refractivity (Wildman–Crippen MR) is 185 cm³/mol. The highest BCUT2D eigenvalue weighted by Crippen LogP contribution is 2.42. The maximum absolute atomic E-state index is 16.9. The number of rotatable bonds is 6. The second-order valence-electron chi connectivity index (χ2n) is 13.1. The van der Waals surface area contributed by atoms with E-state index in [1.165, 1.54) is 24.3 Å². The number of aromatic hydroxyl groups is 1. The van der Waals surface area contributed by atoms with Crippen molar-refractivity contribution in [2.75, 3.05) is 50.8 Å². The maximum atomic E-state index is 16.9. The first-order valence-corrected chi connectivity index (χ1v) is 17.3. The van der Waals surface area contributed by atoms with Crippen molar-refractivity contribution < 1.29 is 23.4 Å². The summed E-state index contributed by atoms with van der Waals surface area (Å²) in [4.78, 5) is 14.3. The van der Waals surface area contributed by atoms with Gasteiger partial charge in [-0.3, -0.25) is 4.90 Å². The Balaban J connectivity index is 0.00000179. The lowest BCUT2D eigenvalue weighted by molar-refractivity contribution is 0.0768. The molecule has 0 amide bonds. The number of fused-ring (bicyclic) bond motifs is 3. The molecule has 48 heavy (non-hydrogen) atoms. The van der Waals surface area contributed by atoms with Gasteiger partial charge in [-0.05, 0) is 86.8 Å². The average Bonchev–Trinajstić information content (AvgIpc) is 3.87. The molecule has 10 heteroatoms. The van der Waals surface area contributed by atoms with E-state index in [0.717, 1.165) is 64.8 Å². The number of anilines is 1. The Morgan fingerprint density at radius 3 is 2.62 bits per heavy atom. The first kappa shape index (κ1) is 32.5. The number of halogens is 2. The average molecular weight is 656 g/mol. The number of phenolic OH excluding ortho intramolecular Hbond substituents is 1. The van der Waals surface area contributed by atoms with E-state index in [0.29, 0.717) is 41.7 Å². The van der Waals surface area contributed by atoms with E-state index < -0.39 is 11.6 Å². The standard InChI is InChI=1S/C36H37F2N5O3.C2H6/c1-2-24-28(37)10-7-22-18-23(44)19-27(31(22)24)25-8-9-26-33(32(25)38)40-35(46-21-36-11-4-14-43(36)15-5-12-36)41-34(26)42-16-13-39-29(20-42)30-6-3-17-45-30;1-2/h1,7-10,18-19,29-30,39,44H,3-6,11-17,20-21H2;1-2H3. The fraction of sp³-hybridized carbons (Fsp3) is 0.474. The minimum Gasteiger partial charge on any atom is -0.508 e. The largest absolute Gasteiger partial charge is 0.508 e. The highest BCUT2D eigenvalue weighted by atomic mass is 19.1. The first-order valence-electron chi connectivity index (χ1n) is 17.3. The zero-order chi connectivity index (χ0) is 33.4. The van der Waals surface area contributed by atoms with Crippen molar-refractivity contribution in [2.45, 2.75) is 70.1 Å². The van der Waals surface area contributed by atoms with Crippen LogP contribution in [0.15, 0.2) is 36.4 Å². The Morgan fingerprint density at radius 1 is 1.06 bits per heavy atom. The molecule has 252 valence electrons. The zero-order valence-corrected chi connectivity index (χ0v) is 27.7. The van der Waals surface area contributed by atoms with Crippen LogP contribution in [0, 0.1) is 24.0 Å². The minimum atomic E-state index is -0.613. The van der Waals surface area contributed by atoms with Gasteiger partial charge < -0.3 is 24.8 Å². The molecule has 2 N–H and O–H groups in total. The minimum absolute atomic E-state index is 0.0114. The van der Waals surface area contributed by atoms with Crippen molar-refractivity contribution in [3.8, 4) is 35.2 Å². The molecule has 8 nitrogen and oxygen atoms in total. The normalized spacial score (nSPS) is 22.0. The molecule has 2 atom stereocenters. The van der Waals surface area contributed by atoms with Crippen LogP contribution in [0.1, 0.15) is 57.9 Å². The monoisotopic (exact) mass is 655 g/mol. The van der Waals surface area contributed by atoms with Gasteiger partial charge in [0.1, 0.15) is 29.5 Å². The van der Waals surface area contributed by atoms with Crippen molar-refractivity contribution in [2.24, 2.45) is 0 Å². The van der Waals surface area contributed by atoms with E-state index in [2.05, 4.69) is 26.0 Å². The van der Waals surface area contributed by atoms with Crippen molar-refractivity contribution in [3.05, 3.63) is 53.6 Å². The van der Waals surface area contributed by atoms with Gasteiger partial charge in [0.05, 0.1) is 23.2 Å². The molecule has 1 aromatic heterocycles. The van der Waals surface area contributed by atoms with Crippen molar-refractivity contribution in [1.82, 2.24) is 20.2 Å². The van der Waals surface area contributed by atoms with Crippen molar-refractivity contribution in [3.63, 3.8) is 0 Å². The second kappa shape index (κ2) is 13.5. The molecule has 4 aromatic rings. The van der Waals surface area contributed by atoms with Crippen LogP contribution in [0.4, 0.5) is 14.6 Å². The molecule has 2 unspecified atom stereocenters. The second-order valence-corrected chi connectivity index (χ2v) is 13.1. The number of terminal acetylenes is 1. The SMILES string of the molecule is C#Cc1c(F)ccc2cc(O)cc(-c3ccc4c(N5CCNC(C6CCCO6)C5)nc(OCC56CCCN5CCC6)nc4c3F)c12.CC. The third kappa shape index (κ3) is 5.72. The van der Waals surface area contributed by atoms with E-state index in [9.17, 15) is 9.50 Å². The molecule has 8 rings (SSSR count). The van der Waals surface area contributed by atoms with Crippen LogP contribution in [-0.4, -0.2) is 83.6 Å². The summed E-state index contributed by atoms with van der Waals surface area (Å²) in [6, 6.07) is 9.39. The van der Waals surface area contributed by atoms with E-state index in [-0.39, 0.29) is 51.7 Å². The van der Waals surface area contributed by atoms with Crippen LogP contribution in [0.3, 0.4) is 0 Å². The van der Waals surface area contributed by atoms with Gasteiger partial charge in [-0.15, -0.1) is 6.42 Å². The topological polar surface area (TPSA) is 83.0 Å².